The lowest BCUT2D eigenvalue weighted by Gasteiger charge is -2.01. The molecule has 0 saturated carbocycles. The predicted octanol–water partition coefficient (Wildman–Crippen LogP) is 3.98. The van der Waals surface area contributed by atoms with E-state index in [2.05, 4.69) is 15.2 Å². The number of hydrogen-bond donors (Lipinski definition) is 2. The summed E-state index contributed by atoms with van der Waals surface area (Å²) >= 11 is 7.21. The number of H-pyrrole nitrogens is 1. The van der Waals surface area contributed by atoms with E-state index in [9.17, 15) is 9.90 Å². The first kappa shape index (κ1) is 15.4. The van der Waals surface area contributed by atoms with E-state index in [4.69, 9.17) is 16.0 Å². The van der Waals surface area contributed by atoms with Gasteiger partial charge in [-0.15, -0.1) is 0 Å². The van der Waals surface area contributed by atoms with Crippen molar-refractivity contribution in [3.8, 4) is 0 Å². The highest BCUT2D eigenvalue weighted by Gasteiger charge is 2.16. The lowest BCUT2D eigenvalue weighted by Crippen LogP contribution is -1.97. The number of carbonyl (C=O) groups excluding carboxylic acids is 1. The van der Waals surface area contributed by atoms with Crippen LogP contribution >= 0.6 is 23.4 Å². The number of aliphatic hydroxyl groups is 1. The molecule has 0 amide bonds. The summed E-state index contributed by atoms with van der Waals surface area (Å²) in [7, 11) is 0. The van der Waals surface area contributed by atoms with Gasteiger partial charge >= 0.3 is 0 Å². The Bertz CT molecular complexity index is 858. The molecule has 2 N–H and O–H groups in total. The molecule has 0 saturated heterocycles. The van der Waals surface area contributed by atoms with Crippen LogP contribution in [0.15, 0.2) is 63.4 Å². The molecule has 3 aromatic rings. The van der Waals surface area contributed by atoms with Gasteiger partial charge in [0.15, 0.2) is 16.6 Å². The number of carbonyl (C=O) groups is 1. The zero-order chi connectivity index (χ0) is 16.2. The first-order valence-electron chi connectivity index (χ1n) is 6.45. The summed E-state index contributed by atoms with van der Waals surface area (Å²) in [6, 6.07) is 8.73. The second-order valence-corrected chi connectivity index (χ2v) is 5.88. The van der Waals surface area contributed by atoms with Gasteiger partial charge in [-0.05, 0) is 24.3 Å². The molecule has 0 unspecified atom stereocenters. The molecule has 23 heavy (non-hydrogen) atoms. The molecule has 2 heterocycles. The van der Waals surface area contributed by atoms with E-state index < -0.39 is 5.78 Å². The van der Waals surface area contributed by atoms with E-state index in [0.717, 1.165) is 11.0 Å². The van der Waals surface area contributed by atoms with Crippen LogP contribution in [0.2, 0.25) is 5.02 Å². The van der Waals surface area contributed by atoms with Crippen LogP contribution in [0, 0.1) is 0 Å². The molecule has 2 aromatic heterocycles. The van der Waals surface area contributed by atoms with Crippen LogP contribution in [0.1, 0.15) is 16.2 Å². The molecule has 0 radical (unpaired) electrons. The number of furan rings is 1. The number of allylic oxidation sites excluding steroid dienone is 1. The average Bonchev–Trinajstić information content (AvgIpc) is 3.18. The second kappa shape index (κ2) is 6.72. The number of halogens is 1. The van der Waals surface area contributed by atoms with Gasteiger partial charge in [0.2, 0.25) is 5.82 Å². The van der Waals surface area contributed by atoms with Gasteiger partial charge in [-0.2, -0.15) is 5.10 Å². The quantitative estimate of drug-likeness (QED) is 0.412. The van der Waals surface area contributed by atoms with Gasteiger partial charge in [0, 0.05) is 16.0 Å². The van der Waals surface area contributed by atoms with Crippen molar-refractivity contribution < 1.29 is 14.3 Å². The molecule has 6 nitrogen and oxygen atoms in total. The van der Waals surface area contributed by atoms with Crippen LogP contribution in [0.25, 0.3) is 5.76 Å². The molecule has 0 bridgehead atoms. The minimum Gasteiger partial charge on any atom is -0.504 e. The molecule has 116 valence electrons. The van der Waals surface area contributed by atoms with E-state index in [-0.39, 0.29) is 11.6 Å². The van der Waals surface area contributed by atoms with Crippen LogP contribution in [0.5, 0.6) is 0 Å². The Balaban J connectivity index is 1.83. The van der Waals surface area contributed by atoms with Gasteiger partial charge in [0.25, 0.3) is 0 Å². The second-order valence-electron chi connectivity index (χ2n) is 4.40. The number of ketones is 1. The summed E-state index contributed by atoms with van der Waals surface area (Å²) in [6.07, 6.45) is 3.77. The first-order valence-corrected chi connectivity index (χ1v) is 7.65. The Morgan fingerprint density at radius 1 is 1.39 bits per heavy atom. The Morgan fingerprint density at radius 2 is 2.26 bits per heavy atom. The third kappa shape index (κ3) is 3.64. The molecule has 0 aliphatic rings. The van der Waals surface area contributed by atoms with E-state index in [1.807, 2.05) is 12.1 Å². The maximum absolute atomic E-state index is 12.3. The van der Waals surface area contributed by atoms with Gasteiger partial charge in [-0.1, -0.05) is 29.4 Å². The fraction of sp³-hybridized carbons (Fsp3) is 0. The van der Waals surface area contributed by atoms with E-state index in [1.54, 1.807) is 12.1 Å². The zero-order valence-electron chi connectivity index (χ0n) is 11.6. The van der Waals surface area contributed by atoms with Crippen LogP contribution in [0.3, 0.4) is 0 Å². The summed E-state index contributed by atoms with van der Waals surface area (Å²) in [5, 5.41) is 17.0. The standard InChI is InChI=1S/C15H10ClN3O3S/c16-9-2-1-3-10(6-9)23-15-11(4-5-22-15)12(20)7-13(21)14-17-8-18-19-14/h1-8,21H,(H,17,18,19). The van der Waals surface area contributed by atoms with Gasteiger partial charge < -0.3 is 9.52 Å². The van der Waals surface area contributed by atoms with E-state index in [0.29, 0.717) is 15.7 Å². The number of benzene rings is 1. The van der Waals surface area contributed by atoms with Crippen molar-refractivity contribution in [2.45, 2.75) is 9.99 Å². The summed E-state index contributed by atoms with van der Waals surface area (Å²) in [5.74, 6) is -0.687. The van der Waals surface area contributed by atoms with Gasteiger partial charge in [0.05, 0.1) is 11.8 Å². The smallest absolute Gasteiger partial charge is 0.215 e. The third-order valence-corrected chi connectivity index (χ3v) is 4.04. The third-order valence-electron chi connectivity index (χ3n) is 2.81. The number of aromatic amines is 1. The lowest BCUT2D eigenvalue weighted by molar-refractivity contribution is 0.104. The Morgan fingerprint density at radius 3 is 3.00 bits per heavy atom. The Hall–Kier alpha value is -2.51. The van der Waals surface area contributed by atoms with Crippen molar-refractivity contribution in [1.29, 1.82) is 0 Å². The summed E-state index contributed by atoms with van der Waals surface area (Å²) in [4.78, 5) is 16.9. The maximum atomic E-state index is 12.3. The number of nitrogens with one attached hydrogen (secondary N) is 1. The molecular formula is C15H10ClN3O3S. The van der Waals surface area contributed by atoms with Crippen LogP contribution in [-0.2, 0) is 0 Å². The van der Waals surface area contributed by atoms with Crippen molar-refractivity contribution in [3.63, 3.8) is 0 Å². The van der Waals surface area contributed by atoms with Gasteiger partial charge in [-0.25, -0.2) is 4.98 Å². The largest absolute Gasteiger partial charge is 0.504 e. The van der Waals surface area contributed by atoms with Crippen molar-refractivity contribution in [2.75, 3.05) is 0 Å². The predicted molar refractivity (Wildman–Crippen MR) is 85.6 cm³/mol. The molecule has 0 aliphatic heterocycles. The van der Waals surface area contributed by atoms with E-state index >= 15 is 0 Å². The highest BCUT2D eigenvalue weighted by Crippen LogP contribution is 2.33. The summed E-state index contributed by atoms with van der Waals surface area (Å²) in [5.41, 5.74) is 0.331. The molecule has 0 fully saturated rings. The first-order chi connectivity index (χ1) is 11.1. The summed E-state index contributed by atoms with van der Waals surface area (Å²) < 4.78 is 5.35. The number of aromatic nitrogens is 3. The van der Waals surface area contributed by atoms with E-state index in [1.165, 1.54) is 30.4 Å². The Labute approximate surface area is 140 Å². The van der Waals surface area contributed by atoms with Crippen molar-refractivity contribution >= 4 is 34.9 Å². The minimum absolute atomic E-state index is 0.0471. The molecular weight excluding hydrogens is 338 g/mol. The maximum Gasteiger partial charge on any atom is 0.215 e. The van der Waals surface area contributed by atoms with Crippen molar-refractivity contribution in [2.24, 2.45) is 0 Å². The topological polar surface area (TPSA) is 92.0 Å². The van der Waals surface area contributed by atoms with Gasteiger partial charge in [-0.3, -0.25) is 9.89 Å². The molecule has 8 heteroatoms. The average molecular weight is 348 g/mol. The fourth-order valence-corrected chi connectivity index (χ4v) is 2.98. The van der Waals surface area contributed by atoms with Gasteiger partial charge in [0.1, 0.15) is 6.33 Å². The number of aliphatic hydroxyl groups excluding tert-OH is 1. The molecule has 3 rings (SSSR count). The molecule has 0 atom stereocenters. The van der Waals surface area contributed by atoms with Crippen LogP contribution in [0.4, 0.5) is 0 Å². The normalized spacial score (nSPS) is 11.6. The van der Waals surface area contributed by atoms with Crippen molar-refractivity contribution in [3.05, 3.63) is 65.4 Å². The Kier molecular flexibility index (Phi) is 4.50. The number of rotatable bonds is 5. The minimum atomic E-state index is -0.412. The molecule has 0 aliphatic carbocycles. The van der Waals surface area contributed by atoms with Crippen molar-refractivity contribution in [1.82, 2.24) is 15.2 Å². The van der Waals surface area contributed by atoms with Crippen LogP contribution < -0.4 is 0 Å². The molecule has 1 aromatic carbocycles. The lowest BCUT2D eigenvalue weighted by atomic mass is 10.2. The monoisotopic (exact) mass is 347 g/mol. The zero-order valence-corrected chi connectivity index (χ0v) is 13.1. The molecule has 0 spiro atoms. The highest BCUT2D eigenvalue weighted by atomic mass is 35.5. The van der Waals surface area contributed by atoms with Crippen LogP contribution in [-0.4, -0.2) is 26.1 Å². The number of nitrogens with zero attached hydrogens (tertiary/aromatic N) is 2. The fourth-order valence-electron chi connectivity index (χ4n) is 1.79. The summed E-state index contributed by atoms with van der Waals surface area (Å²) in [6.45, 7) is 0. The number of hydrogen-bond acceptors (Lipinski definition) is 6. The highest BCUT2D eigenvalue weighted by molar-refractivity contribution is 7.99. The SMILES string of the molecule is O=C(C=C(O)c1nc[nH]n1)c1ccoc1Sc1cccc(Cl)c1.